The number of alkyl carbamates (subject to hydrolysis) is 1. The van der Waals surface area contributed by atoms with Gasteiger partial charge in [-0.2, -0.15) is 0 Å². The van der Waals surface area contributed by atoms with Gasteiger partial charge in [-0.25, -0.2) is 4.79 Å². The van der Waals surface area contributed by atoms with Gasteiger partial charge in [0.25, 0.3) is 0 Å². The number of hydrogen-bond acceptors (Lipinski definition) is 5. The van der Waals surface area contributed by atoms with E-state index in [1.54, 1.807) is 0 Å². The van der Waals surface area contributed by atoms with E-state index in [0.717, 1.165) is 22.3 Å². The van der Waals surface area contributed by atoms with Gasteiger partial charge < -0.3 is 25.2 Å². The molecular weight excluding hydrogens is 448 g/mol. The molecule has 2 aromatic rings. The standard InChI is InChI=1S/C27H32N2O6/c1-16(2)25(26(32)28-23-11-12-34-14-17(23)13-24(30)31)29-27(33)35-15-22-20-9-5-3-7-18(20)19-8-4-6-10-21(19)22/h3-10,16-17,22-23,25H,11-15H2,1-2H3,(H,28,32)(H,29,33)(H,30,31)/t17?,23?,25-/m1/s1. The Bertz CT molecular complexity index is 1040. The van der Waals surface area contributed by atoms with Crippen LogP contribution in [0.4, 0.5) is 4.79 Å². The third-order valence-electron chi connectivity index (χ3n) is 6.80. The number of carbonyl (C=O) groups excluding carboxylic acids is 2. The average molecular weight is 481 g/mol. The van der Waals surface area contributed by atoms with Crippen molar-refractivity contribution in [1.82, 2.24) is 10.6 Å². The lowest BCUT2D eigenvalue weighted by Crippen LogP contribution is -2.55. The Balaban J connectivity index is 1.38. The van der Waals surface area contributed by atoms with E-state index in [1.807, 2.05) is 50.2 Å². The number of rotatable bonds is 8. The van der Waals surface area contributed by atoms with Crippen LogP contribution in [-0.4, -0.2) is 55.0 Å². The second-order valence-corrected chi connectivity index (χ2v) is 9.53. The summed E-state index contributed by atoms with van der Waals surface area (Å²) in [4.78, 5) is 37.0. The molecule has 0 aromatic heterocycles. The fourth-order valence-electron chi connectivity index (χ4n) is 4.99. The first-order valence-electron chi connectivity index (χ1n) is 12.1. The summed E-state index contributed by atoms with van der Waals surface area (Å²) >= 11 is 0. The van der Waals surface area contributed by atoms with Crippen LogP contribution >= 0.6 is 0 Å². The molecule has 0 spiro atoms. The molecule has 3 N–H and O–H groups in total. The number of carbonyl (C=O) groups is 3. The molecule has 0 radical (unpaired) electrons. The second kappa shape index (κ2) is 10.9. The SMILES string of the molecule is CC(C)[C@@H](NC(=O)OCC1c2ccccc2-c2ccccc21)C(=O)NC1CCOCC1CC(=O)O. The highest BCUT2D eigenvalue weighted by Crippen LogP contribution is 2.44. The van der Waals surface area contributed by atoms with Crippen molar-refractivity contribution in [2.24, 2.45) is 11.8 Å². The summed E-state index contributed by atoms with van der Waals surface area (Å²) in [5, 5.41) is 14.8. The number of hydrogen-bond donors (Lipinski definition) is 3. The molecule has 4 rings (SSSR count). The van der Waals surface area contributed by atoms with Crippen LogP contribution in [0.3, 0.4) is 0 Å². The number of carboxylic acids is 1. The smallest absolute Gasteiger partial charge is 0.407 e. The van der Waals surface area contributed by atoms with E-state index in [1.165, 1.54) is 0 Å². The Morgan fingerprint density at radius 1 is 1.06 bits per heavy atom. The Morgan fingerprint density at radius 2 is 1.69 bits per heavy atom. The zero-order valence-corrected chi connectivity index (χ0v) is 20.0. The van der Waals surface area contributed by atoms with Crippen LogP contribution in [0, 0.1) is 11.8 Å². The highest BCUT2D eigenvalue weighted by molar-refractivity contribution is 5.86. The van der Waals surface area contributed by atoms with Crippen molar-refractivity contribution in [1.29, 1.82) is 0 Å². The summed E-state index contributed by atoms with van der Waals surface area (Å²) in [6.07, 6.45) is -0.217. The van der Waals surface area contributed by atoms with Crippen LogP contribution in [0.25, 0.3) is 11.1 Å². The van der Waals surface area contributed by atoms with Crippen molar-refractivity contribution in [2.45, 2.75) is 44.7 Å². The number of aliphatic carboxylic acids is 1. The van der Waals surface area contributed by atoms with Crippen molar-refractivity contribution < 1.29 is 29.0 Å². The van der Waals surface area contributed by atoms with E-state index >= 15 is 0 Å². The molecule has 1 aliphatic carbocycles. The Kier molecular flexibility index (Phi) is 7.70. The zero-order valence-electron chi connectivity index (χ0n) is 20.0. The number of benzene rings is 2. The molecule has 2 aliphatic rings. The average Bonchev–Trinajstić information content (AvgIpc) is 3.15. The Morgan fingerprint density at radius 3 is 2.29 bits per heavy atom. The normalized spacial score (nSPS) is 20.0. The minimum atomic E-state index is -0.933. The summed E-state index contributed by atoms with van der Waals surface area (Å²) in [6, 6.07) is 15.1. The second-order valence-electron chi connectivity index (χ2n) is 9.53. The summed E-state index contributed by atoms with van der Waals surface area (Å²) in [5.41, 5.74) is 4.51. The molecule has 0 saturated carbocycles. The van der Waals surface area contributed by atoms with Crippen LogP contribution in [0.2, 0.25) is 0 Å². The first-order valence-corrected chi connectivity index (χ1v) is 12.1. The van der Waals surface area contributed by atoms with Gasteiger partial charge in [0.1, 0.15) is 12.6 Å². The van der Waals surface area contributed by atoms with Gasteiger partial charge in [0.2, 0.25) is 5.91 Å². The molecule has 1 heterocycles. The molecule has 2 unspecified atom stereocenters. The minimum Gasteiger partial charge on any atom is -0.481 e. The van der Waals surface area contributed by atoms with Gasteiger partial charge in [-0.1, -0.05) is 62.4 Å². The fraction of sp³-hybridized carbons (Fsp3) is 0.444. The van der Waals surface area contributed by atoms with Crippen molar-refractivity contribution >= 4 is 18.0 Å². The first kappa shape index (κ1) is 24.7. The molecule has 1 fully saturated rings. The molecular formula is C27H32N2O6. The molecule has 2 amide bonds. The quantitative estimate of drug-likeness (QED) is 0.533. The minimum absolute atomic E-state index is 0.0708. The Hall–Kier alpha value is -3.39. The number of ether oxygens (including phenoxy) is 2. The van der Waals surface area contributed by atoms with Crippen molar-refractivity contribution in [3.63, 3.8) is 0 Å². The van der Waals surface area contributed by atoms with Crippen molar-refractivity contribution in [2.75, 3.05) is 19.8 Å². The van der Waals surface area contributed by atoms with Crippen LogP contribution in [0.1, 0.15) is 43.7 Å². The van der Waals surface area contributed by atoms with E-state index in [4.69, 9.17) is 14.6 Å². The van der Waals surface area contributed by atoms with Crippen molar-refractivity contribution in [3.05, 3.63) is 59.7 Å². The Labute approximate surface area is 205 Å². The molecule has 1 aliphatic heterocycles. The van der Waals surface area contributed by atoms with Crippen LogP contribution in [0.15, 0.2) is 48.5 Å². The predicted molar refractivity (Wildman–Crippen MR) is 130 cm³/mol. The van der Waals surface area contributed by atoms with Gasteiger partial charge in [0, 0.05) is 24.5 Å². The molecule has 35 heavy (non-hydrogen) atoms. The molecule has 0 bridgehead atoms. The topological polar surface area (TPSA) is 114 Å². The summed E-state index contributed by atoms with van der Waals surface area (Å²) in [5.74, 6) is -1.85. The number of fused-ring (bicyclic) bond motifs is 3. The van der Waals surface area contributed by atoms with Gasteiger partial charge in [0.15, 0.2) is 0 Å². The lowest BCUT2D eigenvalue weighted by molar-refractivity contribution is -0.140. The highest BCUT2D eigenvalue weighted by Gasteiger charge is 2.33. The van der Waals surface area contributed by atoms with E-state index in [2.05, 4.69) is 22.8 Å². The molecule has 186 valence electrons. The number of amides is 2. The molecule has 8 nitrogen and oxygen atoms in total. The maximum atomic E-state index is 13.0. The highest BCUT2D eigenvalue weighted by atomic mass is 16.5. The van der Waals surface area contributed by atoms with E-state index < -0.39 is 18.1 Å². The van der Waals surface area contributed by atoms with Crippen LogP contribution in [0.5, 0.6) is 0 Å². The van der Waals surface area contributed by atoms with E-state index in [9.17, 15) is 14.4 Å². The first-order chi connectivity index (χ1) is 16.8. The summed E-state index contributed by atoms with van der Waals surface area (Å²) in [7, 11) is 0. The number of carboxylic acid groups (broad SMARTS) is 1. The van der Waals surface area contributed by atoms with Crippen molar-refractivity contribution in [3.8, 4) is 11.1 Å². The predicted octanol–water partition coefficient (Wildman–Crippen LogP) is 3.55. The molecule has 3 atom stereocenters. The third kappa shape index (κ3) is 5.65. The lowest BCUT2D eigenvalue weighted by Gasteiger charge is -2.33. The van der Waals surface area contributed by atoms with Crippen LogP contribution in [-0.2, 0) is 19.1 Å². The molecule has 8 heteroatoms. The maximum absolute atomic E-state index is 13.0. The largest absolute Gasteiger partial charge is 0.481 e. The van der Waals surface area contributed by atoms with Gasteiger partial charge in [-0.3, -0.25) is 9.59 Å². The van der Waals surface area contributed by atoms with E-state index in [0.29, 0.717) is 13.0 Å². The summed E-state index contributed by atoms with van der Waals surface area (Å²) in [6.45, 7) is 4.57. The molecule has 2 aromatic carbocycles. The monoisotopic (exact) mass is 480 g/mol. The van der Waals surface area contributed by atoms with Gasteiger partial charge in [0.05, 0.1) is 13.0 Å². The van der Waals surface area contributed by atoms with Gasteiger partial charge >= 0.3 is 12.1 Å². The fourth-order valence-corrected chi connectivity index (χ4v) is 4.99. The van der Waals surface area contributed by atoms with Gasteiger partial charge in [-0.05, 0) is 34.6 Å². The summed E-state index contributed by atoms with van der Waals surface area (Å²) < 4.78 is 11.0. The van der Waals surface area contributed by atoms with Crippen LogP contribution < -0.4 is 10.6 Å². The number of nitrogens with one attached hydrogen (secondary N) is 2. The zero-order chi connectivity index (χ0) is 24.9. The maximum Gasteiger partial charge on any atom is 0.407 e. The lowest BCUT2D eigenvalue weighted by atomic mass is 9.92. The molecule has 1 saturated heterocycles. The third-order valence-corrected chi connectivity index (χ3v) is 6.80. The van der Waals surface area contributed by atoms with E-state index in [-0.39, 0.29) is 49.3 Å². The van der Waals surface area contributed by atoms with Gasteiger partial charge in [-0.15, -0.1) is 0 Å².